The van der Waals surface area contributed by atoms with Crippen LogP contribution in [0.2, 0.25) is 0 Å². The Morgan fingerprint density at radius 1 is 0.886 bits per heavy atom. The van der Waals surface area contributed by atoms with Gasteiger partial charge < -0.3 is 4.90 Å². The Labute approximate surface area is 205 Å². The zero-order valence-corrected chi connectivity index (χ0v) is 19.8. The van der Waals surface area contributed by atoms with E-state index in [0.29, 0.717) is 16.7 Å². The highest BCUT2D eigenvalue weighted by atomic mass is 19.1. The minimum absolute atomic E-state index is 0.0599. The van der Waals surface area contributed by atoms with Crippen LogP contribution in [-0.2, 0) is 6.54 Å². The molecule has 0 bridgehead atoms. The zero-order valence-electron chi connectivity index (χ0n) is 19.8. The van der Waals surface area contributed by atoms with Gasteiger partial charge >= 0.3 is 0 Å². The normalized spacial score (nSPS) is 16.7. The number of piperazine rings is 1. The number of hydrogen-bond donors (Lipinski definition) is 0. The molecular weight excluding hydrogens is 441 g/mol. The summed E-state index contributed by atoms with van der Waals surface area (Å²) >= 11 is 0. The third-order valence-corrected chi connectivity index (χ3v) is 6.61. The fourth-order valence-electron chi connectivity index (χ4n) is 4.92. The van der Waals surface area contributed by atoms with E-state index in [4.69, 9.17) is 0 Å². The second-order valence-electron chi connectivity index (χ2n) is 9.19. The maximum atomic E-state index is 13.6. The molecule has 0 atom stereocenters. The first-order valence-corrected chi connectivity index (χ1v) is 11.9. The molecule has 0 radical (unpaired) electrons. The van der Waals surface area contributed by atoms with Gasteiger partial charge in [0.25, 0.3) is 11.8 Å². The Morgan fingerprint density at radius 3 is 2.37 bits per heavy atom. The maximum Gasteiger partial charge on any atom is 0.263 e. The molecule has 5 rings (SSSR count). The number of carbonyl (C=O) groups is 2. The van der Waals surface area contributed by atoms with Crippen LogP contribution in [0.5, 0.6) is 0 Å². The van der Waals surface area contributed by atoms with Crippen molar-refractivity contribution in [3.05, 3.63) is 106 Å². The summed E-state index contributed by atoms with van der Waals surface area (Å²) in [6.07, 6.45) is 2.22. The molecule has 0 saturated carbocycles. The van der Waals surface area contributed by atoms with Gasteiger partial charge in [-0.2, -0.15) is 0 Å². The number of rotatable bonds is 6. The van der Waals surface area contributed by atoms with Gasteiger partial charge in [-0.1, -0.05) is 60.2 Å². The summed E-state index contributed by atoms with van der Waals surface area (Å²) in [6, 6.07) is 21.8. The smallest absolute Gasteiger partial charge is 0.263 e. The molecule has 3 aromatic rings. The van der Waals surface area contributed by atoms with Crippen molar-refractivity contribution in [1.82, 2.24) is 9.80 Å². The second-order valence-corrected chi connectivity index (χ2v) is 9.19. The van der Waals surface area contributed by atoms with Crippen molar-refractivity contribution in [2.75, 3.05) is 37.6 Å². The van der Waals surface area contributed by atoms with Crippen molar-refractivity contribution < 1.29 is 14.0 Å². The molecular formula is C29H28FN3O2. The quantitative estimate of drug-likeness (QED) is 0.485. The van der Waals surface area contributed by atoms with E-state index >= 15 is 0 Å². The lowest BCUT2D eigenvalue weighted by molar-refractivity contribution is 0.0642. The van der Waals surface area contributed by atoms with Crippen molar-refractivity contribution in [2.45, 2.75) is 13.5 Å². The molecule has 1 fully saturated rings. The van der Waals surface area contributed by atoms with Crippen molar-refractivity contribution >= 4 is 23.6 Å². The Morgan fingerprint density at radius 2 is 1.63 bits per heavy atom. The summed E-state index contributed by atoms with van der Waals surface area (Å²) in [7, 11) is 0. The second kappa shape index (κ2) is 9.84. The van der Waals surface area contributed by atoms with Crippen LogP contribution in [-0.4, -0.2) is 54.3 Å². The van der Waals surface area contributed by atoms with Crippen LogP contribution in [0, 0.1) is 5.82 Å². The molecule has 1 saturated heterocycles. The standard InChI is InChI=1S/C29H28FN3O2/c1-21(17-22-7-3-2-4-8-22)19-31-13-15-32(16-14-31)26-12-6-11-25-27(26)29(35)33(28(25)34)20-23-9-5-10-24(30)18-23/h2-12,17-18H,13-16,19-20H2,1H3. The number of hydrogen-bond acceptors (Lipinski definition) is 4. The first-order valence-electron chi connectivity index (χ1n) is 11.9. The highest BCUT2D eigenvalue weighted by molar-refractivity contribution is 6.23. The number of anilines is 1. The van der Waals surface area contributed by atoms with Crippen molar-refractivity contribution in [2.24, 2.45) is 0 Å². The van der Waals surface area contributed by atoms with E-state index in [1.807, 2.05) is 30.3 Å². The first kappa shape index (κ1) is 23.0. The molecule has 2 amide bonds. The largest absolute Gasteiger partial charge is 0.368 e. The van der Waals surface area contributed by atoms with Crippen LogP contribution >= 0.6 is 0 Å². The highest BCUT2D eigenvalue weighted by Gasteiger charge is 2.38. The molecule has 2 heterocycles. The van der Waals surface area contributed by atoms with Crippen LogP contribution in [0.4, 0.5) is 10.1 Å². The molecule has 0 N–H and O–H groups in total. The summed E-state index contributed by atoms with van der Waals surface area (Å²) in [5, 5.41) is 0. The van der Waals surface area contributed by atoms with Crippen LogP contribution in [0.15, 0.2) is 78.4 Å². The van der Waals surface area contributed by atoms with Gasteiger partial charge in [0.05, 0.1) is 23.4 Å². The van der Waals surface area contributed by atoms with Crippen molar-refractivity contribution in [3.8, 4) is 0 Å². The molecule has 3 aromatic carbocycles. The predicted molar refractivity (Wildman–Crippen MR) is 136 cm³/mol. The van der Waals surface area contributed by atoms with Gasteiger partial charge in [-0.3, -0.25) is 19.4 Å². The summed E-state index contributed by atoms with van der Waals surface area (Å²) < 4.78 is 13.6. The summed E-state index contributed by atoms with van der Waals surface area (Å²) in [6.45, 7) is 6.41. The number of carbonyl (C=O) groups excluding carboxylic acids is 2. The molecule has 6 heteroatoms. The lowest BCUT2D eigenvalue weighted by atomic mass is 10.1. The van der Waals surface area contributed by atoms with Crippen LogP contribution in [0.25, 0.3) is 6.08 Å². The van der Waals surface area contributed by atoms with Gasteiger partial charge in [0.1, 0.15) is 5.82 Å². The minimum atomic E-state index is -0.383. The summed E-state index contributed by atoms with van der Waals surface area (Å²) in [5.41, 5.74) is 4.79. The van der Waals surface area contributed by atoms with E-state index in [-0.39, 0.29) is 24.2 Å². The van der Waals surface area contributed by atoms with Crippen LogP contribution in [0.3, 0.4) is 0 Å². The third kappa shape index (κ3) is 4.88. The molecule has 5 nitrogen and oxygen atoms in total. The number of nitrogens with zero attached hydrogens (tertiary/aromatic N) is 3. The predicted octanol–water partition coefficient (Wildman–Crippen LogP) is 4.85. The molecule has 0 spiro atoms. The fraction of sp³-hybridized carbons (Fsp3) is 0.241. The van der Waals surface area contributed by atoms with E-state index in [1.165, 1.54) is 28.2 Å². The van der Waals surface area contributed by atoms with Crippen LogP contribution in [0.1, 0.15) is 38.8 Å². The molecule has 178 valence electrons. The lowest BCUT2D eigenvalue weighted by Crippen LogP contribution is -2.47. The monoisotopic (exact) mass is 469 g/mol. The third-order valence-electron chi connectivity index (χ3n) is 6.61. The minimum Gasteiger partial charge on any atom is -0.368 e. The average molecular weight is 470 g/mol. The van der Waals surface area contributed by atoms with Gasteiger partial charge in [0.2, 0.25) is 0 Å². The zero-order chi connectivity index (χ0) is 24.4. The van der Waals surface area contributed by atoms with E-state index in [1.54, 1.807) is 18.2 Å². The molecule has 0 aliphatic carbocycles. The summed E-state index contributed by atoms with van der Waals surface area (Å²) in [5.74, 6) is -1.02. The number of halogens is 1. The van der Waals surface area contributed by atoms with Crippen LogP contribution < -0.4 is 4.90 Å². The Kier molecular flexibility index (Phi) is 6.47. The Bertz CT molecular complexity index is 1280. The van der Waals surface area contributed by atoms with E-state index < -0.39 is 0 Å². The summed E-state index contributed by atoms with van der Waals surface area (Å²) in [4.78, 5) is 32.2. The fourth-order valence-corrected chi connectivity index (χ4v) is 4.92. The van der Waals surface area contributed by atoms with Crippen molar-refractivity contribution in [1.29, 1.82) is 0 Å². The van der Waals surface area contributed by atoms with Gasteiger partial charge in [0, 0.05) is 32.7 Å². The molecule has 2 aliphatic rings. The highest BCUT2D eigenvalue weighted by Crippen LogP contribution is 2.33. The van der Waals surface area contributed by atoms with Gasteiger partial charge in [-0.05, 0) is 42.3 Å². The topological polar surface area (TPSA) is 43.9 Å². The van der Waals surface area contributed by atoms with Crippen molar-refractivity contribution in [3.63, 3.8) is 0 Å². The van der Waals surface area contributed by atoms with E-state index in [2.05, 4.69) is 34.9 Å². The molecule has 2 aliphatic heterocycles. The Hall–Kier alpha value is -3.77. The molecule has 35 heavy (non-hydrogen) atoms. The first-order chi connectivity index (χ1) is 17.0. The van der Waals surface area contributed by atoms with Gasteiger partial charge in [-0.15, -0.1) is 0 Å². The Balaban J connectivity index is 1.27. The average Bonchev–Trinajstić information content (AvgIpc) is 3.10. The van der Waals surface area contributed by atoms with Gasteiger partial charge in [0.15, 0.2) is 0 Å². The van der Waals surface area contributed by atoms with E-state index in [9.17, 15) is 14.0 Å². The number of benzene rings is 3. The van der Waals surface area contributed by atoms with E-state index in [0.717, 1.165) is 38.4 Å². The lowest BCUT2D eigenvalue weighted by Gasteiger charge is -2.37. The van der Waals surface area contributed by atoms with Gasteiger partial charge in [-0.25, -0.2) is 4.39 Å². The maximum absolute atomic E-state index is 13.6. The SMILES string of the molecule is CC(=Cc1ccccc1)CN1CCN(c2cccc3c2C(=O)N(Cc2cccc(F)c2)C3=O)CC1. The number of fused-ring (bicyclic) bond motifs is 1. The molecule has 0 unspecified atom stereocenters. The number of amides is 2. The number of imide groups is 1. The molecule has 0 aromatic heterocycles.